The SMILES string of the molecule is Cc1c(NC(=O)[C@H](C)N2C(=O)[C@H]3CCCC[C@@H]3C2=O)c(=O)n(-c2ccccc2)n1C. The van der Waals surface area contributed by atoms with Gasteiger partial charge in [-0.25, -0.2) is 4.68 Å². The Morgan fingerprint density at radius 3 is 2.17 bits per heavy atom. The quantitative estimate of drug-likeness (QED) is 0.780. The molecule has 2 fully saturated rings. The van der Waals surface area contributed by atoms with Gasteiger partial charge in [-0.2, -0.15) is 0 Å². The van der Waals surface area contributed by atoms with Gasteiger partial charge >= 0.3 is 0 Å². The van der Waals surface area contributed by atoms with Crippen molar-refractivity contribution in [3.63, 3.8) is 0 Å². The summed E-state index contributed by atoms with van der Waals surface area (Å²) in [4.78, 5) is 52.6. The molecule has 4 rings (SSSR count). The molecule has 3 amide bonds. The Balaban J connectivity index is 1.60. The number of hydrogen-bond donors (Lipinski definition) is 1. The molecule has 3 atom stereocenters. The fourth-order valence-electron chi connectivity index (χ4n) is 4.63. The molecule has 1 aromatic carbocycles. The molecule has 2 aromatic rings. The van der Waals surface area contributed by atoms with Gasteiger partial charge in [-0.1, -0.05) is 31.0 Å². The largest absolute Gasteiger partial charge is 0.318 e. The smallest absolute Gasteiger partial charge is 0.295 e. The number of carbonyl (C=O) groups is 3. The van der Waals surface area contributed by atoms with Crippen LogP contribution in [0, 0.1) is 18.8 Å². The molecule has 158 valence electrons. The molecule has 1 aliphatic carbocycles. The predicted molar refractivity (Wildman–Crippen MR) is 111 cm³/mol. The second-order valence-corrected chi connectivity index (χ2v) is 8.15. The monoisotopic (exact) mass is 410 g/mol. The molecule has 2 heterocycles. The second-order valence-electron chi connectivity index (χ2n) is 8.15. The number of anilines is 1. The van der Waals surface area contributed by atoms with E-state index in [9.17, 15) is 19.2 Å². The summed E-state index contributed by atoms with van der Waals surface area (Å²) < 4.78 is 3.13. The van der Waals surface area contributed by atoms with E-state index in [1.165, 1.54) is 11.6 Å². The zero-order valence-electron chi connectivity index (χ0n) is 17.4. The summed E-state index contributed by atoms with van der Waals surface area (Å²) in [6.45, 7) is 3.28. The van der Waals surface area contributed by atoms with Gasteiger partial charge in [-0.15, -0.1) is 0 Å². The molecule has 0 radical (unpaired) electrons. The fraction of sp³-hybridized carbons (Fsp3) is 0.455. The van der Waals surface area contributed by atoms with E-state index in [4.69, 9.17) is 0 Å². The number of rotatable bonds is 4. The number of nitrogens with zero attached hydrogens (tertiary/aromatic N) is 3. The maximum absolute atomic E-state index is 13.0. The third-order valence-electron chi connectivity index (χ3n) is 6.44. The molecule has 8 nitrogen and oxygen atoms in total. The third kappa shape index (κ3) is 3.07. The maximum Gasteiger partial charge on any atom is 0.295 e. The number of carbonyl (C=O) groups excluding carboxylic acids is 3. The first kappa shape index (κ1) is 20.1. The molecule has 1 saturated heterocycles. The number of likely N-dealkylation sites (tertiary alicyclic amines) is 1. The number of fused-ring (bicyclic) bond motifs is 1. The average Bonchev–Trinajstić information content (AvgIpc) is 3.13. The molecule has 30 heavy (non-hydrogen) atoms. The van der Waals surface area contributed by atoms with Gasteiger partial charge in [-0.3, -0.25) is 28.8 Å². The lowest BCUT2D eigenvalue weighted by molar-refractivity contribution is -0.146. The molecule has 1 aliphatic heterocycles. The lowest BCUT2D eigenvalue weighted by atomic mass is 9.81. The number of amides is 3. The van der Waals surface area contributed by atoms with Crippen molar-refractivity contribution in [1.82, 2.24) is 14.3 Å². The molecular weight excluding hydrogens is 384 g/mol. The van der Waals surface area contributed by atoms with Crippen LogP contribution >= 0.6 is 0 Å². The Hall–Kier alpha value is -3.16. The topological polar surface area (TPSA) is 93.4 Å². The molecule has 0 spiro atoms. The summed E-state index contributed by atoms with van der Waals surface area (Å²) in [5, 5.41) is 2.67. The van der Waals surface area contributed by atoms with Crippen molar-refractivity contribution < 1.29 is 14.4 Å². The van der Waals surface area contributed by atoms with Gasteiger partial charge in [0.2, 0.25) is 17.7 Å². The summed E-state index contributed by atoms with van der Waals surface area (Å²) in [7, 11) is 1.74. The van der Waals surface area contributed by atoms with Gasteiger partial charge in [0.15, 0.2) is 0 Å². The van der Waals surface area contributed by atoms with Crippen molar-refractivity contribution in [2.75, 3.05) is 5.32 Å². The Labute approximate surface area is 174 Å². The first-order valence-electron chi connectivity index (χ1n) is 10.3. The van der Waals surface area contributed by atoms with E-state index in [0.29, 0.717) is 24.2 Å². The Bertz CT molecular complexity index is 1040. The zero-order valence-corrected chi connectivity index (χ0v) is 17.4. The lowest BCUT2D eigenvalue weighted by Crippen LogP contribution is -2.46. The van der Waals surface area contributed by atoms with Crippen LogP contribution in [0.25, 0.3) is 5.69 Å². The highest BCUT2D eigenvalue weighted by Gasteiger charge is 2.50. The van der Waals surface area contributed by atoms with Crippen molar-refractivity contribution in [2.24, 2.45) is 18.9 Å². The summed E-state index contributed by atoms with van der Waals surface area (Å²) >= 11 is 0. The van der Waals surface area contributed by atoms with E-state index in [0.717, 1.165) is 17.7 Å². The second kappa shape index (κ2) is 7.59. The first-order valence-corrected chi connectivity index (χ1v) is 10.3. The van der Waals surface area contributed by atoms with Crippen LogP contribution in [0.3, 0.4) is 0 Å². The highest BCUT2D eigenvalue weighted by Crippen LogP contribution is 2.38. The van der Waals surface area contributed by atoms with Crippen molar-refractivity contribution in [3.05, 3.63) is 46.4 Å². The number of nitrogens with one attached hydrogen (secondary N) is 1. The number of aromatic nitrogens is 2. The Kier molecular flexibility index (Phi) is 5.09. The van der Waals surface area contributed by atoms with Crippen LogP contribution in [0.2, 0.25) is 0 Å². The van der Waals surface area contributed by atoms with Crippen molar-refractivity contribution >= 4 is 23.4 Å². The van der Waals surface area contributed by atoms with Gasteiger partial charge < -0.3 is 5.32 Å². The third-order valence-corrected chi connectivity index (χ3v) is 6.44. The summed E-state index contributed by atoms with van der Waals surface area (Å²) in [5.41, 5.74) is 1.04. The summed E-state index contributed by atoms with van der Waals surface area (Å²) in [5.74, 6) is -1.69. The highest BCUT2D eigenvalue weighted by atomic mass is 16.2. The average molecular weight is 410 g/mol. The summed E-state index contributed by atoms with van der Waals surface area (Å²) in [6, 6.07) is 8.15. The molecule has 0 bridgehead atoms. The number of para-hydroxylation sites is 1. The van der Waals surface area contributed by atoms with Crippen LogP contribution < -0.4 is 10.9 Å². The minimum absolute atomic E-state index is 0.148. The Morgan fingerprint density at radius 1 is 1.03 bits per heavy atom. The van der Waals surface area contributed by atoms with Crippen molar-refractivity contribution in [2.45, 2.75) is 45.6 Å². The normalized spacial score (nSPS) is 22.2. The number of benzene rings is 1. The fourth-order valence-corrected chi connectivity index (χ4v) is 4.63. The first-order chi connectivity index (χ1) is 14.3. The van der Waals surface area contributed by atoms with E-state index in [1.54, 1.807) is 30.8 Å². The van der Waals surface area contributed by atoms with Crippen molar-refractivity contribution in [1.29, 1.82) is 0 Å². The van der Waals surface area contributed by atoms with Gasteiger partial charge in [0.05, 0.1) is 23.2 Å². The molecule has 1 saturated carbocycles. The number of imide groups is 1. The van der Waals surface area contributed by atoms with Crippen LogP contribution in [0.4, 0.5) is 5.69 Å². The van der Waals surface area contributed by atoms with Crippen LogP contribution in [0.5, 0.6) is 0 Å². The summed E-state index contributed by atoms with van der Waals surface area (Å²) in [6.07, 6.45) is 3.24. The highest BCUT2D eigenvalue weighted by molar-refractivity contribution is 6.09. The molecular formula is C22H26N4O4. The van der Waals surface area contributed by atoms with Gasteiger partial charge in [-0.05, 0) is 38.8 Å². The zero-order chi connectivity index (χ0) is 21.6. The minimum Gasteiger partial charge on any atom is -0.318 e. The van der Waals surface area contributed by atoms with E-state index in [2.05, 4.69) is 5.32 Å². The lowest BCUT2D eigenvalue weighted by Gasteiger charge is -2.22. The minimum atomic E-state index is -0.972. The van der Waals surface area contributed by atoms with E-state index >= 15 is 0 Å². The van der Waals surface area contributed by atoms with Crippen LogP contribution in [0.1, 0.15) is 38.3 Å². The molecule has 1 N–H and O–H groups in total. The standard InChI is InChI=1S/C22H26N4O4/c1-13-18(22(30)26(24(13)3)15-9-5-4-6-10-15)23-19(27)14(2)25-20(28)16-11-7-8-12-17(16)21(25)29/h4-6,9-10,14,16-17H,7-8,11-12H2,1-3H3,(H,23,27)/t14-,16-,17-/m0/s1. The van der Waals surface area contributed by atoms with E-state index in [-0.39, 0.29) is 34.9 Å². The Morgan fingerprint density at radius 2 is 1.60 bits per heavy atom. The van der Waals surface area contributed by atoms with Gasteiger partial charge in [0, 0.05) is 7.05 Å². The molecule has 0 unspecified atom stereocenters. The van der Waals surface area contributed by atoms with Gasteiger partial charge in [0.1, 0.15) is 11.7 Å². The van der Waals surface area contributed by atoms with Crippen LogP contribution in [-0.4, -0.2) is 38.0 Å². The molecule has 2 aliphatic rings. The van der Waals surface area contributed by atoms with Crippen LogP contribution in [0.15, 0.2) is 35.1 Å². The van der Waals surface area contributed by atoms with Gasteiger partial charge in [0.25, 0.3) is 5.56 Å². The van der Waals surface area contributed by atoms with Crippen molar-refractivity contribution in [3.8, 4) is 5.69 Å². The van der Waals surface area contributed by atoms with E-state index in [1.807, 2.05) is 18.2 Å². The van der Waals surface area contributed by atoms with Crippen LogP contribution in [-0.2, 0) is 21.4 Å². The predicted octanol–water partition coefficient (Wildman–Crippen LogP) is 1.99. The maximum atomic E-state index is 13.0. The number of hydrogen-bond acceptors (Lipinski definition) is 4. The molecule has 1 aromatic heterocycles. The van der Waals surface area contributed by atoms with E-state index < -0.39 is 11.9 Å². The molecule has 8 heteroatoms.